The third-order valence-corrected chi connectivity index (χ3v) is 6.26. The van der Waals surface area contributed by atoms with E-state index >= 15 is 0 Å². The highest BCUT2D eigenvalue weighted by molar-refractivity contribution is 6.30. The van der Waals surface area contributed by atoms with Crippen molar-refractivity contribution in [3.63, 3.8) is 0 Å². The molecule has 4 rings (SSSR count). The lowest BCUT2D eigenvalue weighted by Gasteiger charge is -2.36. The molecule has 0 bridgehead atoms. The number of piperazine rings is 1. The molecule has 4 nitrogen and oxygen atoms in total. The van der Waals surface area contributed by atoms with Gasteiger partial charge < -0.3 is 4.90 Å². The zero-order valence-electron chi connectivity index (χ0n) is 19.2. The summed E-state index contributed by atoms with van der Waals surface area (Å²) in [7, 11) is 0. The molecule has 170 valence electrons. The maximum atomic E-state index is 14.1. The molecule has 1 aliphatic heterocycles. The highest BCUT2D eigenvalue weighted by atomic mass is 35.5. The number of rotatable bonds is 6. The Morgan fingerprint density at radius 3 is 2.31 bits per heavy atom. The van der Waals surface area contributed by atoms with Crippen molar-refractivity contribution in [1.82, 2.24) is 14.7 Å². The first-order chi connectivity index (χ1) is 15.3. The Morgan fingerprint density at radius 1 is 0.969 bits per heavy atom. The van der Waals surface area contributed by atoms with Gasteiger partial charge in [0.25, 0.3) is 0 Å². The molecule has 0 radical (unpaired) electrons. The Hall–Kier alpha value is -2.37. The number of halogens is 2. The van der Waals surface area contributed by atoms with E-state index in [1.54, 1.807) is 6.07 Å². The Bertz CT molecular complexity index is 1030. The molecule has 32 heavy (non-hydrogen) atoms. The summed E-state index contributed by atoms with van der Waals surface area (Å²) in [6.07, 6.45) is 2.00. The summed E-state index contributed by atoms with van der Waals surface area (Å²) in [6, 6.07) is 17.2. The first-order valence-corrected chi connectivity index (χ1v) is 11.8. The van der Waals surface area contributed by atoms with Crippen LogP contribution in [0.3, 0.4) is 0 Å². The lowest BCUT2D eigenvalue weighted by atomic mass is 10.1. The molecule has 0 amide bonds. The van der Waals surface area contributed by atoms with E-state index in [2.05, 4.69) is 53.5 Å². The maximum absolute atomic E-state index is 14.1. The zero-order valence-corrected chi connectivity index (χ0v) is 19.9. The number of para-hydroxylation sites is 1. The average molecular weight is 455 g/mol. The van der Waals surface area contributed by atoms with Gasteiger partial charge in [-0.1, -0.05) is 35.9 Å². The van der Waals surface area contributed by atoms with Gasteiger partial charge in [0.15, 0.2) is 0 Å². The molecule has 2 aromatic carbocycles. The fourth-order valence-electron chi connectivity index (χ4n) is 4.29. The smallest absolute Gasteiger partial charge is 0.146 e. The predicted octanol–water partition coefficient (Wildman–Crippen LogP) is 5.85. The predicted molar refractivity (Wildman–Crippen MR) is 131 cm³/mol. The van der Waals surface area contributed by atoms with E-state index in [9.17, 15) is 4.39 Å². The summed E-state index contributed by atoms with van der Waals surface area (Å²) in [5.41, 5.74) is 4.00. The van der Waals surface area contributed by atoms with Gasteiger partial charge in [-0.05, 0) is 76.1 Å². The second-order valence-electron chi connectivity index (χ2n) is 9.49. The van der Waals surface area contributed by atoms with Gasteiger partial charge in [0.2, 0.25) is 0 Å². The molecule has 3 aromatic rings. The normalized spacial score (nSPS) is 15.3. The maximum Gasteiger partial charge on any atom is 0.146 e. The molecule has 0 saturated carbocycles. The molecule has 2 heterocycles. The zero-order chi connectivity index (χ0) is 22.7. The van der Waals surface area contributed by atoms with Crippen molar-refractivity contribution in [2.24, 2.45) is 0 Å². The van der Waals surface area contributed by atoms with Crippen LogP contribution in [0.1, 0.15) is 32.9 Å². The molecule has 1 saturated heterocycles. The molecule has 1 aromatic heterocycles. The topological polar surface area (TPSA) is 24.3 Å². The first kappa shape index (κ1) is 22.8. The van der Waals surface area contributed by atoms with E-state index in [0.717, 1.165) is 73.2 Å². The van der Waals surface area contributed by atoms with Crippen molar-refractivity contribution in [2.75, 3.05) is 37.6 Å². The minimum Gasteiger partial charge on any atom is -0.367 e. The molecule has 0 spiro atoms. The van der Waals surface area contributed by atoms with Crippen molar-refractivity contribution in [3.05, 3.63) is 71.1 Å². The molecule has 0 unspecified atom stereocenters. The van der Waals surface area contributed by atoms with Gasteiger partial charge in [-0.25, -0.2) is 4.39 Å². The van der Waals surface area contributed by atoms with Crippen LogP contribution in [-0.4, -0.2) is 47.4 Å². The molecule has 1 fully saturated rings. The largest absolute Gasteiger partial charge is 0.367 e. The third kappa shape index (κ3) is 5.33. The molecular weight excluding hydrogens is 423 g/mol. The van der Waals surface area contributed by atoms with E-state index in [1.807, 2.05) is 24.3 Å². The lowest BCUT2D eigenvalue weighted by Crippen LogP contribution is -2.47. The summed E-state index contributed by atoms with van der Waals surface area (Å²) in [4.78, 5) is 4.62. The van der Waals surface area contributed by atoms with Gasteiger partial charge in [0.05, 0.1) is 22.6 Å². The Labute approximate surface area is 195 Å². The standard InChI is InChI=1S/C26H32ClFN4/c1-26(2,3)32-25(20-10-12-21(27)13-11-20)19-22(29-32)7-6-14-30-15-17-31(18-16-30)24-9-5-4-8-23(24)28/h4-5,8-13,19H,6-7,14-18H2,1-3H3. The second-order valence-corrected chi connectivity index (χ2v) is 9.93. The summed E-state index contributed by atoms with van der Waals surface area (Å²) in [5, 5.41) is 5.68. The fourth-order valence-corrected chi connectivity index (χ4v) is 4.42. The molecule has 0 aliphatic carbocycles. The Balaban J connectivity index is 1.34. The highest BCUT2D eigenvalue weighted by Crippen LogP contribution is 2.28. The van der Waals surface area contributed by atoms with Gasteiger partial charge in [0.1, 0.15) is 5.82 Å². The average Bonchev–Trinajstić information content (AvgIpc) is 3.20. The summed E-state index contributed by atoms with van der Waals surface area (Å²) < 4.78 is 16.2. The van der Waals surface area contributed by atoms with Crippen LogP contribution in [0.15, 0.2) is 54.6 Å². The van der Waals surface area contributed by atoms with Crippen molar-refractivity contribution in [1.29, 1.82) is 0 Å². The van der Waals surface area contributed by atoms with Crippen LogP contribution in [0.4, 0.5) is 10.1 Å². The number of nitrogens with zero attached hydrogens (tertiary/aromatic N) is 4. The minimum atomic E-state index is -0.133. The summed E-state index contributed by atoms with van der Waals surface area (Å²) in [5.74, 6) is -0.133. The van der Waals surface area contributed by atoms with E-state index in [4.69, 9.17) is 16.7 Å². The van der Waals surface area contributed by atoms with Gasteiger partial charge in [-0.15, -0.1) is 0 Å². The number of aromatic nitrogens is 2. The van der Waals surface area contributed by atoms with E-state index in [0.29, 0.717) is 0 Å². The Morgan fingerprint density at radius 2 is 1.66 bits per heavy atom. The Kier molecular flexibility index (Phi) is 6.87. The minimum absolute atomic E-state index is 0.101. The SMILES string of the molecule is CC(C)(C)n1nc(CCCN2CCN(c3ccccc3F)CC2)cc1-c1ccc(Cl)cc1. The van der Waals surface area contributed by atoms with Crippen molar-refractivity contribution in [2.45, 2.75) is 39.2 Å². The van der Waals surface area contributed by atoms with E-state index < -0.39 is 0 Å². The molecule has 6 heteroatoms. The summed E-state index contributed by atoms with van der Waals surface area (Å²) >= 11 is 6.08. The monoisotopic (exact) mass is 454 g/mol. The van der Waals surface area contributed by atoms with Crippen LogP contribution in [0.2, 0.25) is 5.02 Å². The van der Waals surface area contributed by atoms with E-state index in [1.165, 1.54) is 6.07 Å². The van der Waals surface area contributed by atoms with Crippen LogP contribution >= 0.6 is 11.6 Å². The fraction of sp³-hybridized carbons (Fsp3) is 0.423. The quantitative estimate of drug-likeness (QED) is 0.466. The first-order valence-electron chi connectivity index (χ1n) is 11.4. The van der Waals surface area contributed by atoms with Crippen molar-refractivity contribution in [3.8, 4) is 11.3 Å². The number of hydrogen-bond acceptors (Lipinski definition) is 3. The summed E-state index contributed by atoms with van der Waals surface area (Å²) in [6.45, 7) is 11.2. The highest BCUT2D eigenvalue weighted by Gasteiger charge is 2.22. The number of hydrogen-bond donors (Lipinski definition) is 0. The number of aryl methyl sites for hydroxylation is 1. The van der Waals surface area contributed by atoms with Gasteiger partial charge in [0, 0.05) is 31.2 Å². The number of benzene rings is 2. The lowest BCUT2D eigenvalue weighted by molar-refractivity contribution is 0.254. The van der Waals surface area contributed by atoms with Crippen molar-refractivity contribution >= 4 is 17.3 Å². The third-order valence-electron chi connectivity index (χ3n) is 6.01. The van der Waals surface area contributed by atoms with Gasteiger partial charge in [-0.2, -0.15) is 5.10 Å². The molecule has 0 atom stereocenters. The molecule has 0 N–H and O–H groups in total. The van der Waals surface area contributed by atoms with Crippen LogP contribution in [0.25, 0.3) is 11.3 Å². The van der Waals surface area contributed by atoms with Gasteiger partial charge >= 0.3 is 0 Å². The molecular formula is C26H32ClFN4. The van der Waals surface area contributed by atoms with Crippen molar-refractivity contribution < 1.29 is 4.39 Å². The van der Waals surface area contributed by atoms with Crippen LogP contribution in [-0.2, 0) is 12.0 Å². The van der Waals surface area contributed by atoms with Crippen LogP contribution in [0.5, 0.6) is 0 Å². The van der Waals surface area contributed by atoms with Crippen LogP contribution < -0.4 is 4.90 Å². The van der Waals surface area contributed by atoms with Gasteiger partial charge in [-0.3, -0.25) is 9.58 Å². The number of anilines is 1. The van der Waals surface area contributed by atoms with Crippen LogP contribution in [0, 0.1) is 5.82 Å². The molecule has 1 aliphatic rings. The van der Waals surface area contributed by atoms with E-state index in [-0.39, 0.29) is 11.4 Å². The second kappa shape index (κ2) is 9.63.